The van der Waals surface area contributed by atoms with Crippen molar-refractivity contribution >= 4 is 0 Å². The minimum absolute atomic E-state index is 0.333. The van der Waals surface area contributed by atoms with E-state index in [0.29, 0.717) is 6.04 Å². The van der Waals surface area contributed by atoms with Gasteiger partial charge in [0.25, 0.3) is 0 Å². The van der Waals surface area contributed by atoms with Gasteiger partial charge in [0, 0.05) is 24.3 Å². The fourth-order valence-electron chi connectivity index (χ4n) is 2.95. The third kappa shape index (κ3) is 3.53. The summed E-state index contributed by atoms with van der Waals surface area (Å²) in [6.45, 7) is 9.70. The fraction of sp³-hybridized carbons (Fsp3) is 0.500. The summed E-state index contributed by atoms with van der Waals surface area (Å²) in [5.74, 6) is 0. The molecule has 3 heteroatoms. The van der Waals surface area contributed by atoms with E-state index in [0.717, 1.165) is 25.1 Å². The first kappa shape index (κ1) is 15.8. The van der Waals surface area contributed by atoms with Gasteiger partial charge in [0.05, 0.1) is 5.69 Å². The van der Waals surface area contributed by atoms with Crippen molar-refractivity contribution in [3.8, 4) is 0 Å². The first-order valence-corrected chi connectivity index (χ1v) is 7.82. The van der Waals surface area contributed by atoms with Crippen LogP contribution in [-0.2, 0) is 13.5 Å². The van der Waals surface area contributed by atoms with E-state index in [2.05, 4.69) is 62.4 Å². The number of aryl methyl sites for hydroxylation is 3. The van der Waals surface area contributed by atoms with Crippen LogP contribution in [0.3, 0.4) is 0 Å². The molecule has 1 aromatic carbocycles. The molecule has 0 fully saturated rings. The Kier molecular flexibility index (Phi) is 5.18. The van der Waals surface area contributed by atoms with Crippen molar-refractivity contribution in [1.29, 1.82) is 0 Å². The van der Waals surface area contributed by atoms with Crippen LogP contribution in [0.1, 0.15) is 47.5 Å². The predicted octanol–water partition coefficient (Wildman–Crippen LogP) is 3.63. The summed E-state index contributed by atoms with van der Waals surface area (Å²) in [5.41, 5.74) is 6.52. The molecule has 1 heterocycles. The Morgan fingerprint density at radius 1 is 1.19 bits per heavy atom. The minimum atomic E-state index is 0.333. The Morgan fingerprint density at radius 3 is 2.48 bits per heavy atom. The molecule has 2 aromatic rings. The molecule has 1 unspecified atom stereocenters. The van der Waals surface area contributed by atoms with Crippen molar-refractivity contribution < 1.29 is 0 Å². The quantitative estimate of drug-likeness (QED) is 0.878. The van der Waals surface area contributed by atoms with Crippen molar-refractivity contribution in [2.24, 2.45) is 7.05 Å². The van der Waals surface area contributed by atoms with Crippen molar-refractivity contribution in [3.05, 3.63) is 52.3 Å². The van der Waals surface area contributed by atoms with Crippen LogP contribution < -0.4 is 5.32 Å². The molecule has 21 heavy (non-hydrogen) atoms. The highest BCUT2D eigenvalue weighted by atomic mass is 15.3. The average molecular weight is 285 g/mol. The molecular formula is C18H27N3. The molecule has 0 radical (unpaired) electrons. The van der Waals surface area contributed by atoms with Gasteiger partial charge >= 0.3 is 0 Å². The van der Waals surface area contributed by atoms with Crippen LogP contribution in [0, 0.1) is 20.8 Å². The van der Waals surface area contributed by atoms with Crippen molar-refractivity contribution in [3.63, 3.8) is 0 Å². The highest BCUT2D eigenvalue weighted by Gasteiger charge is 2.20. The Morgan fingerprint density at radius 2 is 1.90 bits per heavy atom. The van der Waals surface area contributed by atoms with Crippen LogP contribution in [0.25, 0.3) is 0 Å². The summed E-state index contributed by atoms with van der Waals surface area (Å²) in [5, 5.41) is 8.28. The lowest BCUT2D eigenvalue weighted by Crippen LogP contribution is -2.25. The zero-order chi connectivity index (χ0) is 15.4. The van der Waals surface area contributed by atoms with Gasteiger partial charge < -0.3 is 5.32 Å². The minimum Gasteiger partial charge on any atom is -0.310 e. The smallest absolute Gasteiger partial charge is 0.0644 e. The number of hydrogen-bond donors (Lipinski definition) is 1. The van der Waals surface area contributed by atoms with Gasteiger partial charge in [-0.25, -0.2) is 0 Å². The molecule has 1 atom stereocenters. The van der Waals surface area contributed by atoms with Crippen LogP contribution in [0.5, 0.6) is 0 Å². The number of nitrogens with zero attached hydrogens (tertiary/aromatic N) is 2. The van der Waals surface area contributed by atoms with Gasteiger partial charge in [0.1, 0.15) is 0 Å². The monoisotopic (exact) mass is 285 g/mol. The summed E-state index contributed by atoms with van der Waals surface area (Å²) in [6, 6.07) is 8.99. The maximum Gasteiger partial charge on any atom is 0.0644 e. The standard InChI is InChI=1S/C18H27N3/c1-6-11-19-17(12-16-10-8-7-9-13(16)2)18-14(3)20-21(5)15(18)4/h7-10,17,19H,6,11-12H2,1-5H3. The largest absolute Gasteiger partial charge is 0.310 e. The van der Waals surface area contributed by atoms with Crippen LogP contribution in [0.2, 0.25) is 0 Å². The summed E-state index contributed by atoms with van der Waals surface area (Å²) in [4.78, 5) is 0. The number of benzene rings is 1. The van der Waals surface area contributed by atoms with Crippen LogP contribution in [0.15, 0.2) is 24.3 Å². The zero-order valence-corrected chi connectivity index (χ0v) is 13.9. The molecule has 1 aromatic heterocycles. The average Bonchev–Trinajstić information content (AvgIpc) is 2.71. The maximum absolute atomic E-state index is 4.58. The summed E-state index contributed by atoms with van der Waals surface area (Å²) in [6.07, 6.45) is 2.16. The van der Waals surface area contributed by atoms with E-state index in [1.165, 1.54) is 22.4 Å². The molecule has 0 aliphatic heterocycles. The number of rotatable bonds is 6. The van der Waals surface area contributed by atoms with Crippen LogP contribution in [-0.4, -0.2) is 16.3 Å². The number of hydrogen-bond acceptors (Lipinski definition) is 2. The highest BCUT2D eigenvalue weighted by molar-refractivity contribution is 5.33. The molecule has 0 bridgehead atoms. The topological polar surface area (TPSA) is 29.9 Å². The second kappa shape index (κ2) is 6.90. The van der Waals surface area contributed by atoms with E-state index >= 15 is 0 Å². The van der Waals surface area contributed by atoms with Crippen LogP contribution >= 0.6 is 0 Å². The molecule has 0 aliphatic carbocycles. The molecule has 0 amide bonds. The lowest BCUT2D eigenvalue weighted by Gasteiger charge is -2.20. The number of aromatic nitrogens is 2. The van der Waals surface area contributed by atoms with Crippen molar-refractivity contribution in [2.75, 3.05) is 6.54 Å². The lowest BCUT2D eigenvalue weighted by molar-refractivity contribution is 0.523. The number of nitrogens with one attached hydrogen (secondary N) is 1. The molecule has 0 saturated heterocycles. The SMILES string of the molecule is CCCNC(Cc1ccccc1C)c1c(C)nn(C)c1C. The van der Waals surface area contributed by atoms with E-state index in [1.807, 2.05) is 11.7 Å². The van der Waals surface area contributed by atoms with Gasteiger partial charge in [0.2, 0.25) is 0 Å². The molecule has 1 N–H and O–H groups in total. The second-order valence-corrected chi connectivity index (χ2v) is 5.85. The second-order valence-electron chi connectivity index (χ2n) is 5.85. The first-order chi connectivity index (χ1) is 10.0. The molecule has 114 valence electrons. The van der Waals surface area contributed by atoms with E-state index in [-0.39, 0.29) is 0 Å². The third-order valence-electron chi connectivity index (χ3n) is 4.24. The first-order valence-electron chi connectivity index (χ1n) is 7.82. The van der Waals surface area contributed by atoms with Gasteiger partial charge in [-0.15, -0.1) is 0 Å². The van der Waals surface area contributed by atoms with Gasteiger partial charge in [0.15, 0.2) is 0 Å². The third-order valence-corrected chi connectivity index (χ3v) is 4.24. The summed E-state index contributed by atoms with van der Waals surface area (Å²) < 4.78 is 1.99. The van der Waals surface area contributed by atoms with Crippen LogP contribution in [0.4, 0.5) is 0 Å². The summed E-state index contributed by atoms with van der Waals surface area (Å²) >= 11 is 0. The molecule has 0 aliphatic rings. The molecule has 0 spiro atoms. The predicted molar refractivity (Wildman–Crippen MR) is 88.6 cm³/mol. The highest BCUT2D eigenvalue weighted by Crippen LogP contribution is 2.25. The van der Waals surface area contributed by atoms with E-state index in [4.69, 9.17) is 0 Å². The van der Waals surface area contributed by atoms with E-state index < -0.39 is 0 Å². The van der Waals surface area contributed by atoms with E-state index in [9.17, 15) is 0 Å². The molecule has 3 nitrogen and oxygen atoms in total. The summed E-state index contributed by atoms with van der Waals surface area (Å²) in [7, 11) is 2.02. The fourth-order valence-corrected chi connectivity index (χ4v) is 2.95. The maximum atomic E-state index is 4.58. The van der Waals surface area contributed by atoms with Gasteiger partial charge in [-0.2, -0.15) is 5.10 Å². The Bertz CT molecular complexity index is 599. The Balaban J connectivity index is 2.32. The van der Waals surface area contributed by atoms with Crippen molar-refractivity contribution in [2.45, 2.75) is 46.6 Å². The van der Waals surface area contributed by atoms with Crippen molar-refractivity contribution in [1.82, 2.24) is 15.1 Å². The Labute approximate surface area is 128 Å². The van der Waals surface area contributed by atoms with Gasteiger partial charge in [-0.1, -0.05) is 31.2 Å². The zero-order valence-electron chi connectivity index (χ0n) is 13.9. The lowest BCUT2D eigenvalue weighted by atomic mass is 9.95. The normalized spacial score (nSPS) is 12.6. The molecule has 2 rings (SSSR count). The van der Waals surface area contributed by atoms with E-state index in [1.54, 1.807) is 0 Å². The van der Waals surface area contributed by atoms with Gasteiger partial charge in [-0.05, 0) is 51.3 Å². The molecular weight excluding hydrogens is 258 g/mol. The van der Waals surface area contributed by atoms with Gasteiger partial charge in [-0.3, -0.25) is 4.68 Å². The molecule has 0 saturated carbocycles. The Hall–Kier alpha value is -1.61.